The van der Waals surface area contributed by atoms with E-state index < -0.39 is 97.5 Å². The molecule has 0 fully saturated rings. The molecular weight excluding hydrogens is 1250 g/mol. The first-order valence-electron chi connectivity index (χ1n) is 39.5. The van der Waals surface area contributed by atoms with E-state index in [1.807, 2.05) is 0 Å². The molecule has 0 rings (SSSR count). The number of hydrogen-bond donors (Lipinski definition) is 3. The minimum absolute atomic E-state index is 0.103. The zero-order valence-electron chi connectivity index (χ0n) is 62.0. The first-order valence-corrected chi connectivity index (χ1v) is 42.5. The van der Waals surface area contributed by atoms with Gasteiger partial charge in [0.15, 0.2) is 12.2 Å². The molecule has 0 saturated carbocycles. The van der Waals surface area contributed by atoms with E-state index in [-0.39, 0.29) is 25.7 Å². The lowest BCUT2D eigenvalue weighted by Crippen LogP contribution is -2.30. The summed E-state index contributed by atoms with van der Waals surface area (Å²) in [6, 6.07) is 0. The molecule has 0 aromatic rings. The van der Waals surface area contributed by atoms with Crippen molar-refractivity contribution in [1.29, 1.82) is 0 Å². The smallest absolute Gasteiger partial charge is 0.462 e. The summed E-state index contributed by atoms with van der Waals surface area (Å²) in [5.41, 5.74) is 0. The maximum atomic E-state index is 13.1. The van der Waals surface area contributed by atoms with Crippen LogP contribution in [0.15, 0.2) is 0 Å². The van der Waals surface area contributed by atoms with Gasteiger partial charge in [-0.15, -0.1) is 0 Å². The summed E-state index contributed by atoms with van der Waals surface area (Å²) in [6.45, 7) is 9.47. The lowest BCUT2D eigenvalue weighted by atomic mass is 10.0. The average molecular weight is 1400 g/mol. The molecular formula is C76H148O17P2. The summed E-state index contributed by atoms with van der Waals surface area (Å²) < 4.78 is 68.2. The molecule has 19 heteroatoms. The summed E-state index contributed by atoms with van der Waals surface area (Å²) in [5.74, 6) is -0.614. The fraction of sp³-hybridized carbons (Fsp3) is 0.947. The van der Waals surface area contributed by atoms with Gasteiger partial charge in [-0.3, -0.25) is 37.3 Å². The highest BCUT2D eigenvalue weighted by Gasteiger charge is 2.30. The largest absolute Gasteiger partial charge is 0.472 e. The van der Waals surface area contributed by atoms with E-state index in [0.717, 1.165) is 102 Å². The fourth-order valence-corrected chi connectivity index (χ4v) is 13.2. The predicted molar refractivity (Wildman–Crippen MR) is 386 cm³/mol. The number of ether oxygens (including phenoxy) is 4. The zero-order chi connectivity index (χ0) is 70.0. The second kappa shape index (κ2) is 67.9. The highest BCUT2D eigenvalue weighted by atomic mass is 31.2. The monoisotopic (exact) mass is 1400 g/mol. The van der Waals surface area contributed by atoms with Gasteiger partial charge in [0.2, 0.25) is 0 Å². The number of unbranched alkanes of at least 4 members (excludes halogenated alkanes) is 45. The molecule has 0 bridgehead atoms. The van der Waals surface area contributed by atoms with Gasteiger partial charge >= 0.3 is 39.5 Å². The van der Waals surface area contributed by atoms with E-state index >= 15 is 0 Å². The number of aliphatic hydroxyl groups excluding tert-OH is 1. The van der Waals surface area contributed by atoms with Crippen LogP contribution in [0.5, 0.6) is 0 Å². The number of rotatable bonds is 75. The van der Waals surface area contributed by atoms with Crippen LogP contribution in [0.2, 0.25) is 0 Å². The van der Waals surface area contributed by atoms with Gasteiger partial charge in [-0.1, -0.05) is 343 Å². The zero-order valence-corrected chi connectivity index (χ0v) is 63.8. The Bertz CT molecular complexity index is 1840. The number of hydrogen-bond acceptors (Lipinski definition) is 15. The number of carbonyl (C=O) groups excluding carboxylic acids is 4. The van der Waals surface area contributed by atoms with Crippen molar-refractivity contribution < 1.29 is 80.2 Å². The summed E-state index contributed by atoms with van der Waals surface area (Å²) in [5, 5.41) is 10.6. The minimum atomic E-state index is -4.96. The maximum Gasteiger partial charge on any atom is 0.472 e. The Morgan fingerprint density at radius 3 is 0.716 bits per heavy atom. The third kappa shape index (κ3) is 70.3. The van der Waals surface area contributed by atoms with Crippen LogP contribution in [0.25, 0.3) is 0 Å². The Balaban J connectivity index is 5.10. The van der Waals surface area contributed by atoms with Crippen LogP contribution in [0, 0.1) is 11.8 Å². The summed E-state index contributed by atoms with van der Waals surface area (Å²) in [7, 11) is -9.90. The minimum Gasteiger partial charge on any atom is -0.462 e. The Kier molecular flexibility index (Phi) is 66.5. The highest BCUT2D eigenvalue weighted by Crippen LogP contribution is 2.45. The number of aliphatic hydroxyl groups is 1. The third-order valence-corrected chi connectivity index (χ3v) is 19.6. The van der Waals surface area contributed by atoms with Crippen LogP contribution in [-0.2, 0) is 65.4 Å². The Labute approximate surface area is 581 Å². The molecule has 0 saturated heterocycles. The molecule has 0 aliphatic rings. The van der Waals surface area contributed by atoms with E-state index in [2.05, 4.69) is 41.5 Å². The first kappa shape index (κ1) is 93.1. The van der Waals surface area contributed by atoms with Crippen molar-refractivity contribution in [3.63, 3.8) is 0 Å². The molecule has 0 aliphatic carbocycles. The SMILES string of the molecule is CCCCCCCCCCCCCCCCCCCCCC(=O)OC[C@H](COP(=O)(O)OC[C@@H](O)COP(=O)(O)OC[C@@H](COC(=O)CCCCCCC)OC(=O)CCCCCCCCCC(C)C)OC(=O)CCCCCCCCCCCCCCCCCCCCC(C)C. The van der Waals surface area contributed by atoms with E-state index in [1.54, 1.807) is 0 Å². The fourth-order valence-electron chi connectivity index (χ4n) is 11.7. The van der Waals surface area contributed by atoms with Gasteiger partial charge in [0.25, 0.3) is 0 Å². The van der Waals surface area contributed by atoms with Crippen LogP contribution in [0.3, 0.4) is 0 Å². The highest BCUT2D eigenvalue weighted by molar-refractivity contribution is 7.47. The second-order valence-electron chi connectivity index (χ2n) is 28.3. The Hall–Kier alpha value is -1.94. The van der Waals surface area contributed by atoms with Crippen LogP contribution < -0.4 is 0 Å². The van der Waals surface area contributed by atoms with Crippen molar-refractivity contribution in [3.05, 3.63) is 0 Å². The van der Waals surface area contributed by atoms with Gasteiger partial charge in [-0.05, 0) is 37.5 Å². The Morgan fingerprint density at radius 2 is 0.484 bits per heavy atom. The van der Waals surface area contributed by atoms with E-state index in [1.165, 1.54) is 205 Å². The molecule has 0 aliphatic heterocycles. The van der Waals surface area contributed by atoms with Crippen molar-refractivity contribution >= 4 is 39.5 Å². The van der Waals surface area contributed by atoms with Gasteiger partial charge in [0.05, 0.1) is 26.4 Å². The molecule has 0 spiro atoms. The normalized spacial score (nSPS) is 14.0. The molecule has 17 nitrogen and oxygen atoms in total. The molecule has 0 heterocycles. The first-order chi connectivity index (χ1) is 45.9. The molecule has 0 aromatic heterocycles. The van der Waals surface area contributed by atoms with Gasteiger partial charge in [0, 0.05) is 25.7 Å². The third-order valence-electron chi connectivity index (χ3n) is 17.7. The van der Waals surface area contributed by atoms with Crippen molar-refractivity contribution in [1.82, 2.24) is 0 Å². The molecule has 3 N–H and O–H groups in total. The van der Waals surface area contributed by atoms with Crippen LogP contribution in [0.1, 0.15) is 395 Å². The van der Waals surface area contributed by atoms with Crippen LogP contribution in [-0.4, -0.2) is 96.7 Å². The predicted octanol–water partition coefficient (Wildman–Crippen LogP) is 22.3. The standard InChI is InChI=1S/C76H148O17P2/c1-7-9-11-13-14-15-16-17-18-19-20-24-27-30-33-36-41-47-53-59-74(79)87-65-72(93-75(80)60-54-48-42-37-34-31-28-25-22-21-23-26-29-32-35-39-45-50-56-68(3)4)67-91-95(84,85)89-63-70(77)62-88-94(82,83)90-66-71(64-86-73(78)58-52-44-12-10-8-2)92-76(81)61-55-49-43-38-40-46-51-57-69(5)6/h68-72,77H,7-67H2,1-6H3,(H,82,83)(H,84,85)/t70-,71+,72+/m0/s1. The average Bonchev–Trinajstić information content (AvgIpc) is 2.00. The van der Waals surface area contributed by atoms with Gasteiger partial charge in [-0.2, -0.15) is 0 Å². The van der Waals surface area contributed by atoms with Crippen LogP contribution >= 0.6 is 15.6 Å². The van der Waals surface area contributed by atoms with E-state index in [9.17, 15) is 43.2 Å². The lowest BCUT2D eigenvalue weighted by Gasteiger charge is -2.21. The van der Waals surface area contributed by atoms with Crippen molar-refractivity contribution in [2.75, 3.05) is 39.6 Å². The van der Waals surface area contributed by atoms with Crippen molar-refractivity contribution in [3.8, 4) is 0 Å². The molecule has 0 aromatic carbocycles. The summed E-state index contributed by atoms with van der Waals surface area (Å²) in [6.07, 6.45) is 56.3. The summed E-state index contributed by atoms with van der Waals surface area (Å²) in [4.78, 5) is 72.4. The van der Waals surface area contributed by atoms with Gasteiger partial charge in [-0.25, -0.2) is 9.13 Å². The van der Waals surface area contributed by atoms with Crippen molar-refractivity contribution in [2.24, 2.45) is 11.8 Å². The molecule has 0 amide bonds. The summed E-state index contributed by atoms with van der Waals surface area (Å²) >= 11 is 0. The number of carbonyl (C=O) groups is 4. The molecule has 5 atom stereocenters. The number of phosphoric acid groups is 2. The van der Waals surface area contributed by atoms with Gasteiger partial charge in [0.1, 0.15) is 19.3 Å². The quantitative estimate of drug-likeness (QED) is 0.0222. The van der Waals surface area contributed by atoms with Crippen LogP contribution in [0.4, 0.5) is 0 Å². The molecule has 2 unspecified atom stereocenters. The van der Waals surface area contributed by atoms with Crippen molar-refractivity contribution in [2.45, 2.75) is 413 Å². The molecule has 0 radical (unpaired) electrons. The molecule has 564 valence electrons. The molecule has 95 heavy (non-hydrogen) atoms. The van der Waals surface area contributed by atoms with Gasteiger partial charge < -0.3 is 33.8 Å². The number of phosphoric ester groups is 2. The van der Waals surface area contributed by atoms with E-state index in [0.29, 0.717) is 31.6 Å². The number of esters is 4. The lowest BCUT2D eigenvalue weighted by molar-refractivity contribution is -0.161. The second-order valence-corrected chi connectivity index (χ2v) is 31.3. The topological polar surface area (TPSA) is 237 Å². The Morgan fingerprint density at radius 1 is 0.284 bits per heavy atom. The maximum absolute atomic E-state index is 13.1. The van der Waals surface area contributed by atoms with E-state index in [4.69, 9.17) is 37.0 Å².